The van der Waals surface area contributed by atoms with E-state index in [1.165, 1.54) is 18.2 Å². The third-order valence-electron chi connectivity index (χ3n) is 2.45. The fourth-order valence-electron chi connectivity index (χ4n) is 1.38. The Morgan fingerprint density at radius 2 is 1.71 bits per heavy atom. The average molecular weight is 318 g/mol. The number of hydrogen-bond acceptors (Lipinski definition) is 6. The van der Waals surface area contributed by atoms with E-state index >= 15 is 0 Å². The minimum absolute atomic E-state index is 0.105. The Labute approximate surface area is 128 Å². The predicted molar refractivity (Wildman–Crippen MR) is 77.4 cm³/mol. The average Bonchev–Trinajstić information content (AvgIpc) is 2.48. The van der Waals surface area contributed by atoms with Crippen molar-refractivity contribution < 1.29 is 28.1 Å². The van der Waals surface area contributed by atoms with Gasteiger partial charge in [-0.3, -0.25) is 0 Å². The van der Waals surface area contributed by atoms with Crippen LogP contribution in [0.2, 0.25) is 0 Å². The Hall–Kier alpha value is -1.15. The molecule has 0 aromatic heterocycles. The normalized spacial score (nSPS) is 10.6. The topological polar surface area (TPSA) is 54.0 Å². The zero-order valence-corrected chi connectivity index (χ0v) is 12.7. The van der Waals surface area contributed by atoms with Crippen molar-refractivity contribution in [3.63, 3.8) is 0 Å². The highest BCUT2D eigenvalue weighted by molar-refractivity contribution is 7.80. The van der Waals surface area contributed by atoms with E-state index in [2.05, 4.69) is 12.6 Å². The first kappa shape index (κ1) is 17.9. The second-order valence-corrected chi connectivity index (χ2v) is 4.50. The van der Waals surface area contributed by atoms with Crippen molar-refractivity contribution in [1.29, 1.82) is 0 Å². The lowest BCUT2D eigenvalue weighted by atomic mass is 10.2. The summed E-state index contributed by atoms with van der Waals surface area (Å²) in [4.78, 5) is 11.7. The molecular formula is C14H19FO5S. The Bertz CT molecular complexity index is 441. The lowest BCUT2D eigenvalue weighted by Crippen LogP contribution is -2.14. The second kappa shape index (κ2) is 10.6. The maximum absolute atomic E-state index is 13.0. The molecule has 0 aliphatic carbocycles. The van der Waals surface area contributed by atoms with Crippen molar-refractivity contribution in [3.8, 4) is 0 Å². The number of carbonyl (C=O) groups excluding carboxylic acids is 1. The molecule has 0 heterocycles. The molecule has 1 aromatic rings. The summed E-state index contributed by atoms with van der Waals surface area (Å²) in [5, 5.41) is 0. The summed E-state index contributed by atoms with van der Waals surface area (Å²) in [7, 11) is 1.60. The molecular weight excluding hydrogens is 299 g/mol. The lowest BCUT2D eigenvalue weighted by molar-refractivity contribution is 0.00569. The smallest absolute Gasteiger partial charge is 0.338 e. The summed E-state index contributed by atoms with van der Waals surface area (Å²) in [6.45, 7) is 2.33. The molecule has 0 atom stereocenters. The quantitative estimate of drug-likeness (QED) is 0.406. The van der Waals surface area contributed by atoms with Gasteiger partial charge >= 0.3 is 5.97 Å². The Morgan fingerprint density at radius 1 is 1.10 bits per heavy atom. The van der Waals surface area contributed by atoms with Crippen molar-refractivity contribution in [2.75, 3.05) is 46.8 Å². The van der Waals surface area contributed by atoms with Gasteiger partial charge in [0.2, 0.25) is 0 Å². The van der Waals surface area contributed by atoms with Crippen LogP contribution < -0.4 is 0 Å². The third-order valence-corrected chi connectivity index (χ3v) is 2.79. The largest absolute Gasteiger partial charge is 0.460 e. The SMILES string of the molecule is COCCOCCOCCOC(=O)c1ccc(F)c(S)c1. The van der Waals surface area contributed by atoms with Crippen molar-refractivity contribution in [2.24, 2.45) is 0 Å². The number of halogens is 1. The Balaban J connectivity index is 2.09. The molecule has 0 unspecified atom stereocenters. The number of ether oxygens (including phenoxy) is 4. The second-order valence-electron chi connectivity index (χ2n) is 4.02. The minimum Gasteiger partial charge on any atom is -0.460 e. The fraction of sp³-hybridized carbons (Fsp3) is 0.500. The summed E-state index contributed by atoms with van der Waals surface area (Å²) in [6, 6.07) is 3.85. The third kappa shape index (κ3) is 7.42. The summed E-state index contributed by atoms with van der Waals surface area (Å²) in [5.41, 5.74) is 0.254. The van der Waals surface area contributed by atoms with Crippen LogP contribution in [-0.4, -0.2) is 52.7 Å². The highest BCUT2D eigenvalue weighted by Crippen LogP contribution is 2.14. The summed E-state index contributed by atoms with van der Waals surface area (Å²) in [6.07, 6.45) is 0. The molecule has 0 fully saturated rings. The van der Waals surface area contributed by atoms with Gasteiger partial charge in [-0.1, -0.05) is 0 Å². The summed E-state index contributed by atoms with van der Waals surface area (Å²) in [5.74, 6) is -1.02. The number of methoxy groups -OCH3 is 1. The molecule has 0 N–H and O–H groups in total. The van der Waals surface area contributed by atoms with E-state index in [9.17, 15) is 9.18 Å². The molecule has 21 heavy (non-hydrogen) atoms. The molecule has 7 heteroatoms. The monoisotopic (exact) mass is 318 g/mol. The number of rotatable bonds is 10. The van der Waals surface area contributed by atoms with E-state index in [0.717, 1.165) is 0 Å². The van der Waals surface area contributed by atoms with Gasteiger partial charge in [-0.2, -0.15) is 0 Å². The van der Waals surface area contributed by atoms with Gasteiger partial charge in [-0.25, -0.2) is 9.18 Å². The molecule has 0 aliphatic heterocycles. The number of esters is 1. The summed E-state index contributed by atoms with van der Waals surface area (Å²) >= 11 is 3.90. The molecule has 0 aliphatic rings. The first-order chi connectivity index (χ1) is 10.1. The molecule has 1 aromatic carbocycles. The van der Waals surface area contributed by atoms with Gasteiger partial charge in [0, 0.05) is 12.0 Å². The number of benzene rings is 1. The molecule has 0 amide bonds. The molecule has 0 radical (unpaired) electrons. The van der Waals surface area contributed by atoms with Crippen LogP contribution in [0.15, 0.2) is 23.1 Å². The van der Waals surface area contributed by atoms with Crippen LogP contribution in [0, 0.1) is 5.82 Å². The standard InChI is InChI=1S/C14H19FO5S/c1-17-4-5-18-6-7-19-8-9-20-14(16)11-2-3-12(15)13(21)10-11/h2-3,10,21H,4-9H2,1H3. The predicted octanol–water partition coefficient (Wildman–Crippen LogP) is 1.95. The molecule has 0 saturated heterocycles. The molecule has 0 saturated carbocycles. The Kier molecular flexibility index (Phi) is 9.00. The van der Waals surface area contributed by atoms with Crippen LogP contribution in [0.1, 0.15) is 10.4 Å². The minimum atomic E-state index is -0.537. The van der Waals surface area contributed by atoms with Gasteiger partial charge in [0.05, 0.1) is 38.6 Å². The van der Waals surface area contributed by atoms with Crippen LogP contribution in [0.3, 0.4) is 0 Å². The molecule has 5 nitrogen and oxygen atoms in total. The number of hydrogen-bond donors (Lipinski definition) is 1. The van der Waals surface area contributed by atoms with Crippen LogP contribution in [0.25, 0.3) is 0 Å². The number of thiol groups is 1. The molecule has 1 rings (SSSR count). The molecule has 0 bridgehead atoms. The van der Waals surface area contributed by atoms with Crippen LogP contribution in [-0.2, 0) is 18.9 Å². The van der Waals surface area contributed by atoms with Crippen molar-refractivity contribution in [1.82, 2.24) is 0 Å². The van der Waals surface area contributed by atoms with Crippen molar-refractivity contribution in [3.05, 3.63) is 29.6 Å². The maximum atomic E-state index is 13.0. The highest BCUT2D eigenvalue weighted by Gasteiger charge is 2.09. The van der Waals surface area contributed by atoms with E-state index in [1.54, 1.807) is 7.11 Å². The van der Waals surface area contributed by atoms with Crippen LogP contribution in [0.5, 0.6) is 0 Å². The van der Waals surface area contributed by atoms with Crippen molar-refractivity contribution in [2.45, 2.75) is 4.90 Å². The van der Waals surface area contributed by atoms with Gasteiger partial charge in [-0.15, -0.1) is 12.6 Å². The maximum Gasteiger partial charge on any atom is 0.338 e. The zero-order valence-electron chi connectivity index (χ0n) is 11.8. The van der Waals surface area contributed by atoms with Gasteiger partial charge in [0.25, 0.3) is 0 Å². The number of carbonyl (C=O) groups is 1. The van der Waals surface area contributed by atoms with E-state index in [-0.39, 0.29) is 23.7 Å². The van der Waals surface area contributed by atoms with E-state index in [4.69, 9.17) is 18.9 Å². The first-order valence-electron chi connectivity index (χ1n) is 6.45. The van der Waals surface area contributed by atoms with Gasteiger partial charge in [0.15, 0.2) is 0 Å². The highest BCUT2D eigenvalue weighted by atomic mass is 32.1. The lowest BCUT2D eigenvalue weighted by Gasteiger charge is -2.07. The van der Waals surface area contributed by atoms with Crippen molar-refractivity contribution >= 4 is 18.6 Å². The zero-order chi connectivity index (χ0) is 15.5. The van der Waals surface area contributed by atoms with Gasteiger partial charge in [-0.05, 0) is 18.2 Å². The fourth-order valence-corrected chi connectivity index (χ4v) is 1.59. The van der Waals surface area contributed by atoms with Gasteiger partial charge in [0.1, 0.15) is 12.4 Å². The van der Waals surface area contributed by atoms with E-state index in [0.29, 0.717) is 26.4 Å². The van der Waals surface area contributed by atoms with Crippen LogP contribution >= 0.6 is 12.6 Å². The van der Waals surface area contributed by atoms with E-state index < -0.39 is 11.8 Å². The first-order valence-corrected chi connectivity index (χ1v) is 6.90. The Morgan fingerprint density at radius 3 is 2.33 bits per heavy atom. The van der Waals surface area contributed by atoms with Crippen LogP contribution in [0.4, 0.5) is 4.39 Å². The molecule has 0 spiro atoms. The summed E-state index contributed by atoms with van der Waals surface area (Å²) < 4.78 is 33.2. The molecule has 118 valence electrons. The van der Waals surface area contributed by atoms with E-state index in [1.807, 2.05) is 0 Å². The van der Waals surface area contributed by atoms with Gasteiger partial charge < -0.3 is 18.9 Å².